The first kappa shape index (κ1) is 8.49. The summed E-state index contributed by atoms with van der Waals surface area (Å²) in [4.78, 5) is 3.96. The van der Waals surface area contributed by atoms with Crippen molar-refractivity contribution < 1.29 is 4.74 Å². The van der Waals surface area contributed by atoms with Crippen LogP contribution in [0, 0.1) is 0 Å². The van der Waals surface area contributed by atoms with Crippen LogP contribution in [0.5, 0.6) is 5.75 Å². The maximum atomic E-state index is 5.66. The molecule has 2 rings (SSSR count). The number of nitrogen functional groups attached to an aromatic ring is 2. The van der Waals surface area contributed by atoms with Gasteiger partial charge in [0.25, 0.3) is 0 Å². The van der Waals surface area contributed by atoms with E-state index in [2.05, 4.69) is 15.2 Å². The normalized spacial score (nSPS) is 10.4. The van der Waals surface area contributed by atoms with Crippen LogP contribution in [-0.2, 0) is 0 Å². The van der Waals surface area contributed by atoms with Crippen molar-refractivity contribution in [2.75, 3.05) is 18.6 Å². The van der Waals surface area contributed by atoms with Gasteiger partial charge in [0.1, 0.15) is 5.75 Å². The van der Waals surface area contributed by atoms with Crippen LogP contribution in [0.2, 0.25) is 0 Å². The number of rotatable bonds is 1. The van der Waals surface area contributed by atoms with Crippen molar-refractivity contribution in [3.8, 4) is 5.75 Å². The van der Waals surface area contributed by atoms with Gasteiger partial charge in [-0.3, -0.25) is 4.98 Å². The summed E-state index contributed by atoms with van der Waals surface area (Å²) >= 11 is 0. The molecule has 2 aromatic rings. The lowest BCUT2D eigenvalue weighted by atomic mass is 10.2. The first-order chi connectivity index (χ1) is 6.74. The summed E-state index contributed by atoms with van der Waals surface area (Å²) in [6.07, 6.45) is 3.14. The Labute approximate surface area is 79.9 Å². The highest BCUT2D eigenvalue weighted by molar-refractivity contribution is 6.00. The number of nitrogens with two attached hydrogens (primary N) is 2. The number of nitrogens with zero attached hydrogens (tertiary/aromatic N) is 3. The lowest BCUT2D eigenvalue weighted by Crippen LogP contribution is -2.01. The number of fused-ring (bicyclic) bond motifs is 1. The van der Waals surface area contributed by atoms with Crippen LogP contribution in [0.4, 0.5) is 11.6 Å². The molecule has 72 valence electrons. The minimum Gasteiger partial charge on any atom is -0.494 e. The maximum absolute atomic E-state index is 5.66. The van der Waals surface area contributed by atoms with Gasteiger partial charge < -0.3 is 16.2 Å². The Morgan fingerprint density at radius 1 is 1.14 bits per heavy atom. The zero-order chi connectivity index (χ0) is 10.1. The van der Waals surface area contributed by atoms with E-state index in [1.54, 1.807) is 12.4 Å². The molecular weight excluding hydrogens is 182 g/mol. The molecule has 6 heteroatoms. The fourth-order valence-electron chi connectivity index (χ4n) is 1.27. The molecule has 0 unspecified atom stereocenters. The summed E-state index contributed by atoms with van der Waals surface area (Å²) in [5, 5.41) is 8.70. The van der Waals surface area contributed by atoms with Gasteiger partial charge in [-0.05, 0) is 0 Å². The second-order valence-corrected chi connectivity index (χ2v) is 2.73. The van der Waals surface area contributed by atoms with Gasteiger partial charge in [-0.15, -0.1) is 10.2 Å². The van der Waals surface area contributed by atoms with Crippen molar-refractivity contribution in [2.24, 2.45) is 0 Å². The molecule has 2 aromatic heterocycles. The van der Waals surface area contributed by atoms with Gasteiger partial charge >= 0.3 is 0 Å². The van der Waals surface area contributed by atoms with Crippen LogP contribution in [0.3, 0.4) is 0 Å². The minimum atomic E-state index is 0.286. The lowest BCUT2D eigenvalue weighted by molar-refractivity contribution is 0.418. The SMILES string of the molecule is COc1cncc2c(N)nnc(N)c12. The molecule has 0 saturated carbocycles. The monoisotopic (exact) mass is 191 g/mol. The molecule has 0 aliphatic carbocycles. The highest BCUT2D eigenvalue weighted by Gasteiger charge is 2.09. The van der Waals surface area contributed by atoms with Gasteiger partial charge in [-0.1, -0.05) is 0 Å². The third-order valence-corrected chi connectivity index (χ3v) is 1.93. The van der Waals surface area contributed by atoms with Gasteiger partial charge in [-0.25, -0.2) is 0 Å². The summed E-state index contributed by atoms with van der Waals surface area (Å²) in [5.41, 5.74) is 11.3. The Morgan fingerprint density at radius 3 is 2.57 bits per heavy atom. The predicted octanol–water partition coefficient (Wildman–Crippen LogP) is 0.198. The summed E-state index contributed by atoms with van der Waals surface area (Å²) in [6.45, 7) is 0. The molecule has 0 radical (unpaired) electrons. The summed E-state index contributed by atoms with van der Waals surface area (Å²) in [5.74, 6) is 1.12. The lowest BCUT2D eigenvalue weighted by Gasteiger charge is -2.06. The number of pyridine rings is 1. The van der Waals surface area contributed by atoms with E-state index in [1.807, 2.05) is 0 Å². The molecule has 0 atom stereocenters. The molecule has 0 bridgehead atoms. The number of hydrogen-bond acceptors (Lipinski definition) is 6. The Bertz CT molecular complexity index is 484. The van der Waals surface area contributed by atoms with Crippen LogP contribution in [0.15, 0.2) is 12.4 Å². The highest BCUT2D eigenvalue weighted by Crippen LogP contribution is 2.29. The number of hydrogen-bond donors (Lipinski definition) is 2. The number of anilines is 2. The molecule has 6 nitrogen and oxygen atoms in total. The van der Waals surface area contributed by atoms with Crippen molar-refractivity contribution in [3.63, 3.8) is 0 Å². The molecule has 14 heavy (non-hydrogen) atoms. The average Bonchev–Trinajstić information content (AvgIpc) is 2.23. The fourth-order valence-corrected chi connectivity index (χ4v) is 1.27. The fraction of sp³-hybridized carbons (Fsp3) is 0.125. The zero-order valence-corrected chi connectivity index (χ0v) is 7.56. The Balaban J connectivity index is 2.92. The quantitative estimate of drug-likeness (QED) is 0.667. The second-order valence-electron chi connectivity index (χ2n) is 2.73. The van der Waals surface area contributed by atoms with Crippen molar-refractivity contribution in [1.82, 2.24) is 15.2 Å². The first-order valence-electron chi connectivity index (χ1n) is 3.93. The average molecular weight is 191 g/mol. The maximum Gasteiger partial charge on any atom is 0.158 e. The molecule has 0 aliphatic heterocycles. The topological polar surface area (TPSA) is 99.9 Å². The standard InChI is InChI=1S/C8H9N5O/c1-14-5-3-11-2-4-6(5)8(10)13-12-7(4)9/h2-3H,1H3,(H2,9,12)(H2,10,13). The van der Waals surface area contributed by atoms with E-state index in [-0.39, 0.29) is 5.82 Å². The van der Waals surface area contributed by atoms with Gasteiger partial charge in [-0.2, -0.15) is 0 Å². The van der Waals surface area contributed by atoms with E-state index in [1.165, 1.54) is 7.11 Å². The molecule has 0 aliphatic rings. The molecule has 0 saturated heterocycles. The Kier molecular flexibility index (Phi) is 1.81. The van der Waals surface area contributed by atoms with E-state index in [9.17, 15) is 0 Å². The smallest absolute Gasteiger partial charge is 0.158 e. The molecule has 4 N–H and O–H groups in total. The van der Waals surface area contributed by atoms with Crippen molar-refractivity contribution in [1.29, 1.82) is 0 Å². The van der Waals surface area contributed by atoms with Crippen LogP contribution < -0.4 is 16.2 Å². The van der Waals surface area contributed by atoms with Crippen LogP contribution in [0.1, 0.15) is 0 Å². The van der Waals surface area contributed by atoms with Crippen LogP contribution >= 0.6 is 0 Å². The van der Waals surface area contributed by atoms with E-state index in [0.717, 1.165) is 0 Å². The minimum absolute atomic E-state index is 0.286. The third-order valence-electron chi connectivity index (χ3n) is 1.93. The van der Waals surface area contributed by atoms with Crippen LogP contribution in [-0.4, -0.2) is 22.3 Å². The summed E-state index contributed by atoms with van der Waals surface area (Å²) in [6, 6.07) is 0. The van der Waals surface area contributed by atoms with Crippen LogP contribution in [0.25, 0.3) is 10.8 Å². The first-order valence-corrected chi connectivity index (χ1v) is 3.93. The van der Waals surface area contributed by atoms with Crippen molar-refractivity contribution in [3.05, 3.63) is 12.4 Å². The molecular formula is C8H9N5O. The molecule has 2 heterocycles. The van der Waals surface area contributed by atoms with E-state index >= 15 is 0 Å². The van der Waals surface area contributed by atoms with E-state index < -0.39 is 0 Å². The summed E-state index contributed by atoms with van der Waals surface area (Å²) < 4.78 is 5.10. The number of methoxy groups -OCH3 is 1. The van der Waals surface area contributed by atoms with Gasteiger partial charge in [0.05, 0.1) is 24.1 Å². The number of ether oxygens (including phenoxy) is 1. The summed E-state index contributed by atoms with van der Waals surface area (Å²) in [7, 11) is 1.53. The predicted molar refractivity (Wildman–Crippen MR) is 52.7 cm³/mol. The Morgan fingerprint density at radius 2 is 1.86 bits per heavy atom. The molecule has 0 fully saturated rings. The zero-order valence-electron chi connectivity index (χ0n) is 7.56. The highest BCUT2D eigenvalue weighted by atomic mass is 16.5. The largest absolute Gasteiger partial charge is 0.494 e. The second kappa shape index (κ2) is 2.99. The molecule has 0 amide bonds. The third kappa shape index (κ3) is 1.08. The van der Waals surface area contributed by atoms with Crippen molar-refractivity contribution in [2.45, 2.75) is 0 Å². The van der Waals surface area contributed by atoms with Gasteiger partial charge in [0.15, 0.2) is 11.6 Å². The molecule has 0 spiro atoms. The number of aromatic nitrogens is 3. The van der Waals surface area contributed by atoms with Gasteiger partial charge in [0, 0.05) is 6.20 Å². The Hall–Kier alpha value is -2.11. The van der Waals surface area contributed by atoms with Gasteiger partial charge in [0.2, 0.25) is 0 Å². The van der Waals surface area contributed by atoms with E-state index in [4.69, 9.17) is 16.2 Å². The van der Waals surface area contributed by atoms with E-state index in [0.29, 0.717) is 22.3 Å². The molecule has 0 aromatic carbocycles. The van der Waals surface area contributed by atoms with Crippen molar-refractivity contribution >= 4 is 22.4 Å².